The van der Waals surface area contributed by atoms with Crippen molar-refractivity contribution in [3.8, 4) is 5.75 Å². The monoisotopic (exact) mass is 257 g/mol. The molecule has 94 valence electrons. The van der Waals surface area contributed by atoms with Crippen LogP contribution in [0, 0.1) is 0 Å². The van der Waals surface area contributed by atoms with E-state index in [1.165, 1.54) is 17.5 Å². The Morgan fingerprint density at radius 2 is 2.12 bits per heavy atom. The number of ether oxygens (including phenoxy) is 1. The smallest absolute Gasteiger partial charge is 0.246 e. The molecule has 1 unspecified atom stereocenters. The van der Waals surface area contributed by atoms with Gasteiger partial charge < -0.3 is 9.84 Å². The van der Waals surface area contributed by atoms with Crippen LogP contribution in [0.2, 0.25) is 0 Å². The molecule has 1 aliphatic heterocycles. The van der Waals surface area contributed by atoms with E-state index in [2.05, 4.69) is 0 Å². The summed E-state index contributed by atoms with van der Waals surface area (Å²) in [5, 5.41) is 9.40. The maximum absolute atomic E-state index is 12.3. The zero-order valence-electron chi connectivity index (χ0n) is 9.54. The van der Waals surface area contributed by atoms with Crippen molar-refractivity contribution >= 4 is 10.0 Å². The van der Waals surface area contributed by atoms with Crippen LogP contribution in [-0.4, -0.2) is 44.1 Å². The van der Waals surface area contributed by atoms with E-state index in [4.69, 9.17) is 4.74 Å². The summed E-state index contributed by atoms with van der Waals surface area (Å²) in [6.45, 7) is 0.502. The summed E-state index contributed by atoms with van der Waals surface area (Å²) >= 11 is 0. The molecular formula is C11H15NO4S. The minimum atomic E-state index is -3.57. The average Bonchev–Trinajstić information content (AvgIpc) is 2.76. The van der Waals surface area contributed by atoms with Crippen LogP contribution in [-0.2, 0) is 10.0 Å². The summed E-state index contributed by atoms with van der Waals surface area (Å²) in [4.78, 5) is 0.150. The van der Waals surface area contributed by atoms with E-state index < -0.39 is 16.1 Å². The van der Waals surface area contributed by atoms with E-state index >= 15 is 0 Å². The van der Waals surface area contributed by atoms with Gasteiger partial charge in [-0.05, 0) is 18.6 Å². The lowest BCUT2D eigenvalue weighted by atomic mass is 10.3. The van der Waals surface area contributed by atoms with Crippen LogP contribution in [0.3, 0.4) is 0 Å². The lowest BCUT2D eigenvalue weighted by molar-refractivity contribution is 0.189. The van der Waals surface area contributed by atoms with Gasteiger partial charge in [0.2, 0.25) is 10.0 Å². The third-order valence-corrected chi connectivity index (χ3v) is 4.72. The number of aliphatic hydroxyl groups is 1. The molecule has 1 fully saturated rings. The third kappa shape index (κ3) is 2.29. The molecule has 0 aliphatic carbocycles. The van der Waals surface area contributed by atoms with Gasteiger partial charge in [0.25, 0.3) is 0 Å². The Hall–Kier alpha value is -1.11. The first-order chi connectivity index (χ1) is 8.05. The van der Waals surface area contributed by atoms with Crippen molar-refractivity contribution in [2.24, 2.45) is 0 Å². The van der Waals surface area contributed by atoms with E-state index in [-0.39, 0.29) is 11.4 Å². The van der Waals surface area contributed by atoms with E-state index in [9.17, 15) is 13.5 Å². The second kappa shape index (κ2) is 4.64. The molecule has 1 saturated heterocycles. The number of hydrogen-bond donors (Lipinski definition) is 1. The van der Waals surface area contributed by atoms with E-state index in [1.54, 1.807) is 18.2 Å². The van der Waals surface area contributed by atoms with E-state index in [0.29, 0.717) is 18.7 Å². The molecule has 5 nitrogen and oxygen atoms in total. The van der Waals surface area contributed by atoms with Gasteiger partial charge in [-0.1, -0.05) is 12.1 Å². The lowest BCUT2D eigenvalue weighted by Crippen LogP contribution is -2.30. The zero-order valence-corrected chi connectivity index (χ0v) is 10.4. The number of para-hydroxylation sites is 1. The summed E-state index contributed by atoms with van der Waals surface area (Å²) in [5.41, 5.74) is 0. The van der Waals surface area contributed by atoms with Crippen LogP contribution in [0.4, 0.5) is 0 Å². The average molecular weight is 257 g/mol. The number of sulfonamides is 1. The fourth-order valence-electron chi connectivity index (χ4n) is 1.90. The Labute approximate surface area is 101 Å². The fraction of sp³-hybridized carbons (Fsp3) is 0.455. The number of nitrogens with zero attached hydrogens (tertiary/aromatic N) is 1. The highest BCUT2D eigenvalue weighted by atomic mass is 32.2. The molecule has 0 aromatic heterocycles. The predicted molar refractivity (Wildman–Crippen MR) is 62.4 cm³/mol. The van der Waals surface area contributed by atoms with Crippen LogP contribution >= 0.6 is 0 Å². The fourth-order valence-corrected chi connectivity index (χ4v) is 3.55. The number of benzene rings is 1. The first kappa shape index (κ1) is 12.3. The Balaban J connectivity index is 2.38. The highest BCUT2D eigenvalue weighted by molar-refractivity contribution is 7.89. The molecule has 1 atom stereocenters. The van der Waals surface area contributed by atoms with Crippen molar-refractivity contribution in [2.75, 3.05) is 20.2 Å². The van der Waals surface area contributed by atoms with Gasteiger partial charge in [0.1, 0.15) is 10.6 Å². The number of hydrogen-bond acceptors (Lipinski definition) is 4. The highest BCUT2D eigenvalue weighted by Gasteiger charge is 2.33. The minimum absolute atomic E-state index is 0.150. The molecule has 17 heavy (non-hydrogen) atoms. The van der Waals surface area contributed by atoms with Crippen molar-refractivity contribution in [3.63, 3.8) is 0 Å². The number of rotatable bonds is 3. The summed E-state index contributed by atoms with van der Waals surface area (Å²) in [5.74, 6) is 0.328. The van der Waals surface area contributed by atoms with Gasteiger partial charge >= 0.3 is 0 Å². The molecule has 1 aromatic rings. The second-order valence-corrected chi connectivity index (χ2v) is 5.86. The van der Waals surface area contributed by atoms with Crippen LogP contribution in [0.5, 0.6) is 5.75 Å². The molecule has 6 heteroatoms. The maximum atomic E-state index is 12.3. The van der Waals surface area contributed by atoms with Gasteiger partial charge in [0.05, 0.1) is 13.2 Å². The maximum Gasteiger partial charge on any atom is 0.246 e. The molecule has 0 spiro atoms. The topological polar surface area (TPSA) is 66.8 Å². The Morgan fingerprint density at radius 3 is 2.71 bits per heavy atom. The zero-order chi connectivity index (χ0) is 12.5. The predicted octanol–water partition coefficient (Wildman–Crippen LogP) is 0.451. The van der Waals surface area contributed by atoms with E-state index in [0.717, 1.165) is 0 Å². The van der Waals surface area contributed by atoms with Gasteiger partial charge in [0, 0.05) is 13.1 Å². The quantitative estimate of drug-likeness (QED) is 0.853. The summed E-state index contributed by atoms with van der Waals surface area (Å²) < 4.78 is 30.9. The number of β-amino-alcohol motifs (C(OH)–C–C–N with tert-alkyl or cyclic N) is 1. The minimum Gasteiger partial charge on any atom is -0.495 e. The normalized spacial score (nSPS) is 21.6. The Morgan fingerprint density at radius 1 is 1.41 bits per heavy atom. The molecule has 2 rings (SSSR count). The Kier molecular flexibility index (Phi) is 3.37. The van der Waals surface area contributed by atoms with Gasteiger partial charge in [-0.15, -0.1) is 0 Å². The molecule has 0 saturated carbocycles. The van der Waals surface area contributed by atoms with Gasteiger partial charge in [-0.2, -0.15) is 4.31 Å². The van der Waals surface area contributed by atoms with Crippen LogP contribution < -0.4 is 4.74 Å². The molecule has 0 amide bonds. The van der Waals surface area contributed by atoms with Crippen molar-refractivity contribution < 1.29 is 18.3 Å². The number of aliphatic hydroxyl groups excluding tert-OH is 1. The van der Waals surface area contributed by atoms with Gasteiger partial charge in [0.15, 0.2) is 0 Å². The standard InChI is InChI=1S/C11H15NO4S/c1-16-10-4-2-3-5-11(10)17(14,15)12-7-6-9(13)8-12/h2-5,9,13H,6-8H2,1H3. The molecule has 0 radical (unpaired) electrons. The van der Waals surface area contributed by atoms with Gasteiger partial charge in [-0.3, -0.25) is 0 Å². The lowest BCUT2D eigenvalue weighted by Gasteiger charge is -2.17. The SMILES string of the molecule is COc1ccccc1S(=O)(=O)N1CCC(O)C1. The molecule has 0 bridgehead atoms. The van der Waals surface area contributed by atoms with Crippen LogP contribution in [0.1, 0.15) is 6.42 Å². The highest BCUT2D eigenvalue weighted by Crippen LogP contribution is 2.28. The summed E-state index contributed by atoms with van der Waals surface area (Å²) in [6, 6.07) is 6.50. The van der Waals surface area contributed by atoms with Gasteiger partial charge in [-0.25, -0.2) is 8.42 Å². The summed E-state index contributed by atoms with van der Waals surface area (Å²) in [7, 11) is -2.13. The van der Waals surface area contributed by atoms with Crippen LogP contribution in [0.25, 0.3) is 0 Å². The summed E-state index contributed by atoms with van der Waals surface area (Å²) in [6.07, 6.45) is -0.0894. The second-order valence-electron chi connectivity index (χ2n) is 3.96. The first-order valence-corrected chi connectivity index (χ1v) is 6.81. The van der Waals surface area contributed by atoms with Crippen molar-refractivity contribution in [2.45, 2.75) is 17.4 Å². The molecular weight excluding hydrogens is 242 g/mol. The first-order valence-electron chi connectivity index (χ1n) is 5.37. The molecule has 1 heterocycles. The third-order valence-electron chi connectivity index (χ3n) is 2.81. The molecule has 1 N–H and O–H groups in total. The van der Waals surface area contributed by atoms with Crippen LogP contribution in [0.15, 0.2) is 29.2 Å². The van der Waals surface area contributed by atoms with Crippen molar-refractivity contribution in [1.82, 2.24) is 4.31 Å². The number of methoxy groups -OCH3 is 1. The van der Waals surface area contributed by atoms with Crippen molar-refractivity contribution in [3.05, 3.63) is 24.3 Å². The Bertz CT molecular complexity index is 500. The van der Waals surface area contributed by atoms with Crippen molar-refractivity contribution in [1.29, 1.82) is 0 Å². The largest absolute Gasteiger partial charge is 0.495 e. The molecule has 1 aliphatic rings. The molecule has 1 aromatic carbocycles. The van der Waals surface area contributed by atoms with E-state index in [1.807, 2.05) is 0 Å².